The molecule has 5 heteroatoms. The van der Waals surface area contributed by atoms with E-state index in [-0.39, 0.29) is 0 Å². The SMILES string of the molecule is CCOc1cncc(N2CCC(CNC(C)C)CC2)n1. The first-order valence-electron chi connectivity index (χ1n) is 7.62. The van der Waals surface area contributed by atoms with E-state index >= 15 is 0 Å². The zero-order valence-corrected chi connectivity index (χ0v) is 12.8. The maximum absolute atomic E-state index is 5.41. The monoisotopic (exact) mass is 278 g/mol. The fourth-order valence-corrected chi connectivity index (χ4v) is 2.48. The summed E-state index contributed by atoms with van der Waals surface area (Å²) in [6.45, 7) is 10.2. The first-order chi connectivity index (χ1) is 9.69. The Morgan fingerprint density at radius 2 is 2.10 bits per heavy atom. The third-order valence-electron chi connectivity index (χ3n) is 3.65. The first-order valence-corrected chi connectivity index (χ1v) is 7.62. The van der Waals surface area contributed by atoms with E-state index in [1.807, 2.05) is 13.1 Å². The lowest BCUT2D eigenvalue weighted by Gasteiger charge is -2.33. The summed E-state index contributed by atoms with van der Waals surface area (Å²) in [5.74, 6) is 2.33. The molecule has 1 aliphatic rings. The van der Waals surface area contributed by atoms with Crippen LogP contribution in [0.25, 0.3) is 0 Å². The third-order valence-corrected chi connectivity index (χ3v) is 3.65. The van der Waals surface area contributed by atoms with Gasteiger partial charge >= 0.3 is 0 Å². The van der Waals surface area contributed by atoms with Gasteiger partial charge in [0, 0.05) is 19.1 Å². The van der Waals surface area contributed by atoms with E-state index in [1.165, 1.54) is 12.8 Å². The molecule has 1 N–H and O–H groups in total. The number of hydrogen-bond acceptors (Lipinski definition) is 5. The third kappa shape index (κ3) is 4.34. The van der Waals surface area contributed by atoms with E-state index in [4.69, 9.17) is 4.74 Å². The molecule has 20 heavy (non-hydrogen) atoms. The maximum atomic E-state index is 5.41. The van der Waals surface area contributed by atoms with Gasteiger partial charge in [0.25, 0.3) is 0 Å². The van der Waals surface area contributed by atoms with Crippen LogP contribution >= 0.6 is 0 Å². The van der Waals surface area contributed by atoms with Crippen LogP contribution in [-0.4, -0.2) is 42.3 Å². The molecular formula is C15H26N4O. The Labute approximate surface area is 121 Å². The van der Waals surface area contributed by atoms with Crippen molar-refractivity contribution >= 4 is 5.82 Å². The van der Waals surface area contributed by atoms with Crippen molar-refractivity contribution < 1.29 is 4.74 Å². The number of nitrogens with one attached hydrogen (secondary N) is 1. The van der Waals surface area contributed by atoms with Crippen molar-refractivity contribution in [3.63, 3.8) is 0 Å². The Kier molecular flexibility index (Phi) is 5.59. The van der Waals surface area contributed by atoms with Crippen molar-refractivity contribution in [2.45, 2.75) is 39.7 Å². The van der Waals surface area contributed by atoms with E-state index in [0.29, 0.717) is 18.5 Å². The number of nitrogens with zero attached hydrogens (tertiary/aromatic N) is 3. The van der Waals surface area contributed by atoms with Gasteiger partial charge in [0.1, 0.15) is 0 Å². The van der Waals surface area contributed by atoms with Crippen LogP contribution in [0.5, 0.6) is 5.88 Å². The largest absolute Gasteiger partial charge is 0.477 e. The number of piperidine rings is 1. The zero-order chi connectivity index (χ0) is 14.4. The molecule has 0 spiro atoms. The molecule has 5 nitrogen and oxygen atoms in total. The highest BCUT2D eigenvalue weighted by Crippen LogP contribution is 2.22. The van der Waals surface area contributed by atoms with Gasteiger partial charge in [-0.3, -0.25) is 4.98 Å². The van der Waals surface area contributed by atoms with E-state index in [1.54, 1.807) is 6.20 Å². The number of rotatable bonds is 6. The second kappa shape index (κ2) is 7.43. The van der Waals surface area contributed by atoms with Crippen LogP contribution in [0.2, 0.25) is 0 Å². The predicted molar refractivity (Wildman–Crippen MR) is 81.3 cm³/mol. The second-order valence-electron chi connectivity index (χ2n) is 5.64. The maximum Gasteiger partial charge on any atom is 0.234 e. The molecule has 0 aromatic carbocycles. The summed E-state index contributed by atoms with van der Waals surface area (Å²) >= 11 is 0. The minimum absolute atomic E-state index is 0.571. The zero-order valence-electron chi connectivity index (χ0n) is 12.8. The highest BCUT2D eigenvalue weighted by molar-refractivity contribution is 5.37. The molecule has 0 bridgehead atoms. The van der Waals surface area contributed by atoms with Crippen LogP contribution in [0.4, 0.5) is 5.82 Å². The summed E-state index contributed by atoms with van der Waals surface area (Å²) in [5, 5.41) is 3.53. The molecule has 0 saturated carbocycles. The van der Waals surface area contributed by atoms with Crippen LogP contribution in [0.15, 0.2) is 12.4 Å². The number of ether oxygens (including phenoxy) is 1. The lowest BCUT2D eigenvalue weighted by molar-refractivity contribution is 0.324. The van der Waals surface area contributed by atoms with Gasteiger partial charge in [0.15, 0.2) is 5.82 Å². The molecule has 1 aliphatic heterocycles. The van der Waals surface area contributed by atoms with Gasteiger partial charge in [-0.25, -0.2) is 0 Å². The van der Waals surface area contributed by atoms with Crippen molar-refractivity contribution in [2.24, 2.45) is 5.92 Å². The summed E-state index contributed by atoms with van der Waals surface area (Å²) < 4.78 is 5.41. The average molecular weight is 278 g/mol. The van der Waals surface area contributed by atoms with Gasteiger partial charge in [-0.1, -0.05) is 13.8 Å². The van der Waals surface area contributed by atoms with Gasteiger partial charge in [0.05, 0.1) is 19.0 Å². The second-order valence-corrected chi connectivity index (χ2v) is 5.64. The fraction of sp³-hybridized carbons (Fsp3) is 0.733. The van der Waals surface area contributed by atoms with Crippen molar-refractivity contribution in [2.75, 3.05) is 31.1 Å². The first kappa shape index (κ1) is 15.0. The lowest BCUT2D eigenvalue weighted by atomic mass is 9.96. The minimum Gasteiger partial charge on any atom is -0.477 e. The summed E-state index contributed by atoms with van der Waals surface area (Å²) in [4.78, 5) is 11.0. The molecule has 1 saturated heterocycles. The van der Waals surface area contributed by atoms with E-state index < -0.39 is 0 Å². The Bertz CT molecular complexity index is 403. The van der Waals surface area contributed by atoms with Crippen molar-refractivity contribution in [3.05, 3.63) is 12.4 Å². The Balaban J connectivity index is 1.85. The number of anilines is 1. The summed E-state index contributed by atoms with van der Waals surface area (Å²) in [5.41, 5.74) is 0. The van der Waals surface area contributed by atoms with E-state index in [9.17, 15) is 0 Å². The molecule has 2 rings (SSSR count). The normalized spacial score (nSPS) is 16.7. The fourth-order valence-electron chi connectivity index (χ4n) is 2.48. The minimum atomic E-state index is 0.571. The topological polar surface area (TPSA) is 50.3 Å². The van der Waals surface area contributed by atoms with Gasteiger partial charge in [-0.05, 0) is 32.2 Å². The van der Waals surface area contributed by atoms with E-state index in [2.05, 4.69) is 34.0 Å². The highest BCUT2D eigenvalue weighted by atomic mass is 16.5. The molecule has 0 atom stereocenters. The van der Waals surface area contributed by atoms with Gasteiger partial charge in [-0.15, -0.1) is 0 Å². The summed E-state index contributed by atoms with van der Waals surface area (Å²) in [7, 11) is 0. The Hall–Kier alpha value is -1.36. The van der Waals surface area contributed by atoms with Crippen molar-refractivity contribution in [3.8, 4) is 5.88 Å². The van der Waals surface area contributed by atoms with Gasteiger partial charge in [0.2, 0.25) is 5.88 Å². The molecule has 1 aromatic heterocycles. The molecular weight excluding hydrogens is 252 g/mol. The number of aromatic nitrogens is 2. The smallest absolute Gasteiger partial charge is 0.234 e. The summed E-state index contributed by atoms with van der Waals surface area (Å²) in [6, 6.07) is 0.571. The Morgan fingerprint density at radius 1 is 1.35 bits per heavy atom. The molecule has 1 aromatic rings. The quantitative estimate of drug-likeness (QED) is 0.863. The van der Waals surface area contributed by atoms with Crippen LogP contribution < -0.4 is 15.0 Å². The van der Waals surface area contributed by atoms with E-state index in [0.717, 1.165) is 31.4 Å². The highest BCUT2D eigenvalue weighted by Gasteiger charge is 2.20. The van der Waals surface area contributed by atoms with Crippen LogP contribution in [0.3, 0.4) is 0 Å². The standard InChI is InChI=1S/C15H26N4O/c1-4-20-15-11-16-10-14(18-15)19-7-5-13(6-8-19)9-17-12(2)3/h10-13,17H,4-9H2,1-3H3. The van der Waals surface area contributed by atoms with Crippen LogP contribution in [0.1, 0.15) is 33.6 Å². The summed E-state index contributed by atoms with van der Waals surface area (Å²) in [6.07, 6.45) is 5.92. The molecule has 0 radical (unpaired) electrons. The average Bonchev–Trinajstić information content (AvgIpc) is 2.46. The molecule has 0 aliphatic carbocycles. The van der Waals surface area contributed by atoms with Crippen LogP contribution in [-0.2, 0) is 0 Å². The van der Waals surface area contributed by atoms with Gasteiger partial charge < -0.3 is 15.0 Å². The molecule has 112 valence electrons. The van der Waals surface area contributed by atoms with Gasteiger partial charge in [-0.2, -0.15) is 4.98 Å². The molecule has 0 amide bonds. The lowest BCUT2D eigenvalue weighted by Crippen LogP contribution is -2.39. The number of hydrogen-bond donors (Lipinski definition) is 1. The Morgan fingerprint density at radius 3 is 2.75 bits per heavy atom. The van der Waals surface area contributed by atoms with Crippen molar-refractivity contribution in [1.82, 2.24) is 15.3 Å². The van der Waals surface area contributed by atoms with Crippen LogP contribution in [0, 0.1) is 5.92 Å². The molecule has 1 fully saturated rings. The van der Waals surface area contributed by atoms with Crippen molar-refractivity contribution in [1.29, 1.82) is 0 Å². The molecule has 2 heterocycles. The molecule has 0 unspecified atom stereocenters. The predicted octanol–water partition coefficient (Wildman–Crippen LogP) is 2.09.